The molecule has 0 aromatic rings. The fourth-order valence-electron chi connectivity index (χ4n) is 2.44. The smallest absolute Gasteiger partial charge is 0.410 e. The average molecular weight is 296 g/mol. The van der Waals surface area contributed by atoms with E-state index in [2.05, 4.69) is 25.2 Å². The van der Waals surface area contributed by atoms with Gasteiger partial charge in [0.05, 0.1) is 0 Å². The molecule has 0 saturated carbocycles. The molecular weight excluding hydrogens is 264 g/mol. The van der Waals surface area contributed by atoms with Gasteiger partial charge in [-0.3, -0.25) is 0 Å². The zero-order chi connectivity index (χ0) is 15.9. The first-order valence-electron chi connectivity index (χ1n) is 8.18. The minimum atomic E-state index is -0.419. The third kappa shape index (κ3) is 7.51. The summed E-state index contributed by atoms with van der Waals surface area (Å²) in [6, 6.07) is 0. The van der Waals surface area contributed by atoms with Crippen molar-refractivity contribution in [1.29, 1.82) is 0 Å². The molecule has 0 saturated heterocycles. The zero-order valence-electron chi connectivity index (χ0n) is 14.4. The standard InChI is InChI=1S/C17H32N2O2/c1-6-7-14(2)12-18-13-15-8-10-19(11-9-15)16(20)21-17(3,4)5/h8,14,18H,6-7,9-13H2,1-5H3. The molecule has 1 unspecified atom stereocenters. The lowest BCUT2D eigenvalue weighted by atomic mass is 10.1. The van der Waals surface area contributed by atoms with Crippen molar-refractivity contribution in [2.45, 2.75) is 59.5 Å². The number of hydrogen-bond donors (Lipinski definition) is 1. The predicted octanol–water partition coefficient (Wildman–Crippen LogP) is 3.58. The van der Waals surface area contributed by atoms with Crippen LogP contribution in [0.5, 0.6) is 0 Å². The van der Waals surface area contributed by atoms with E-state index in [0.717, 1.165) is 32.0 Å². The second-order valence-corrected chi connectivity index (χ2v) is 7.06. The van der Waals surface area contributed by atoms with Gasteiger partial charge in [-0.05, 0) is 46.1 Å². The fourth-order valence-corrected chi connectivity index (χ4v) is 2.44. The van der Waals surface area contributed by atoms with Crippen LogP contribution in [0.1, 0.15) is 53.9 Å². The molecule has 1 heterocycles. The molecule has 1 rings (SSSR count). The van der Waals surface area contributed by atoms with E-state index in [-0.39, 0.29) is 6.09 Å². The fraction of sp³-hybridized carbons (Fsp3) is 0.824. The van der Waals surface area contributed by atoms with Gasteiger partial charge in [-0.2, -0.15) is 0 Å². The zero-order valence-corrected chi connectivity index (χ0v) is 14.4. The molecule has 1 aliphatic heterocycles. The summed E-state index contributed by atoms with van der Waals surface area (Å²) in [4.78, 5) is 13.7. The normalized spacial score (nSPS) is 17.4. The maximum Gasteiger partial charge on any atom is 0.410 e. The lowest BCUT2D eigenvalue weighted by molar-refractivity contribution is 0.0265. The highest BCUT2D eigenvalue weighted by atomic mass is 16.6. The SMILES string of the molecule is CCCC(C)CNCC1=CCN(C(=O)OC(C)(C)C)CC1. The number of ether oxygens (including phenoxy) is 1. The van der Waals surface area contributed by atoms with Gasteiger partial charge in [0.1, 0.15) is 5.60 Å². The monoisotopic (exact) mass is 296 g/mol. The molecule has 0 aromatic heterocycles. The van der Waals surface area contributed by atoms with Crippen molar-refractivity contribution in [3.05, 3.63) is 11.6 Å². The Balaban J connectivity index is 2.29. The van der Waals surface area contributed by atoms with Gasteiger partial charge in [-0.15, -0.1) is 0 Å². The van der Waals surface area contributed by atoms with Crippen molar-refractivity contribution in [3.8, 4) is 0 Å². The number of carbonyl (C=O) groups is 1. The summed E-state index contributed by atoms with van der Waals surface area (Å²) in [5.41, 5.74) is 0.983. The second-order valence-electron chi connectivity index (χ2n) is 7.06. The molecule has 21 heavy (non-hydrogen) atoms. The largest absolute Gasteiger partial charge is 0.444 e. The van der Waals surface area contributed by atoms with Crippen molar-refractivity contribution in [2.24, 2.45) is 5.92 Å². The Hall–Kier alpha value is -1.03. The van der Waals surface area contributed by atoms with Crippen LogP contribution in [-0.2, 0) is 4.74 Å². The maximum atomic E-state index is 12.0. The van der Waals surface area contributed by atoms with Crippen LogP contribution in [0.4, 0.5) is 4.79 Å². The van der Waals surface area contributed by atoms with Crippen molar-refractivity contribution < 1.29 is 9.53 Å². The number of rotatable bonds is 6. The highest BCUT2D eigenvalue weighted by Crippen LogP contribution is 2.15. The number of hydrogen-bond acceptors (Lipinski definition) is 3. The molecule has 0 bridgehead atoms. The third-order valence-corrected chi connectivity index (χ3v) is 3.58. The van der Waals surface area contributed by atoms with Crippen LogP contribution >= 0.6 is 0 Å². The van der Waals surface area contributed by atoms with Crippen LogP contribution in [0.2, 0.25) is 0 Å². The highest BCUT2D eigenvalue weighted by molar-refractivity contribution is 5.68. The maximum absolute atomic E-state index is 12.0. The molecule has 122 valence electrons. The molecule has 0 aromatic carbocycles. The summed E-state index contributed by atoms with van der Waals surface area (Å²) in [6.07, 6.45) is 5.41. The van der Waals surface area contributed by atoms with Crippen molar-refractivity contribution in [1.82, 2.24) is 10.2 Å². The molecule has 1 aliphatic rings. The van der Waals surface area contributed by atoms with Crippen LogP contribution in [0, 0.1) is 5.92 Å². The van der Waals surface area contributed by atoms with Gasteiger partial charge in [-0.1, -0.05) is 31.9 Å². The average Bonchev–Trinajstić information content (AvgIpc) is 2.38. The first-order chi connectivity index (χ1) is 9.81. The number of nitrogens with zero attached hydrogens (tertiary/aromatic N) is 1. The Morgan fingerprint density at radius 2 is 2.19 bits per heavy atom. The molecule has 1 amide bonds. The van der Waals surface area contributed by atoms with Crippen LogP contribution in [0.3, 0.4) is 0 Å². The number of nitrogens with one attached hydrogen (secondary N) is 1. The molecule has 4 nitrogen and oxygen atoms in total. The van der Waals surface area contributed by atoms with E-state index >= 15 is 0 Å². The highest BCUT2D eigenvalue weighted by Gasteiger charge is 2.23. The topological polar surface area (TPSA) is 41.6 Å². The molecule has 1 N–H and O–H groups in total. The first-order valence-corrected chi connectivity index (χ1v) is 8.18. The summed E-state index contributed by atoms with van der Waals surface area (Å²) in [5, 5.41) is 3.52. The molecule has 0 fully saturated rings. The molecular formula is C17H32N2O2. The predicted molar refractivity (Wildman–Crippen MR) is 87.4 cm³/mol. The first kappa shape index (κ1) is 18.0. The lowest BCUT2D eigenvalue weighted by Gasteiger charge is -2.29. The van der Waals surface area contributed by atoms with E-state index in [4.69, 9.17) is 4.74 Å². The van der Waals surface area contributed by atoms with Crippen LogP contribution in [0.15, 0.2) is 11.6 Å². The summed E-state index contributed by atoms with van der Waals surface area (Å²) >= 11 is 0. The van der Waals surface area contributed by atoms with Crippen molar-refractivity contribution >= 4 is 6.09 Å². The van der Waals surface area contributed by atoms with Gasteiger partial charge in [0, 0.05) is 19.6 Å². The number of carbonyl (C=O) groups excluding carboxylic acids is 1. The van der Waals surface area contributed by atoms with Crippen LogP contribution < -0.4 is 5.32 Å². The Morgan fingerprint density at radius 3 is 2.71 bits per heavy atom. The van der Waals surface area contributed by atoms with Gasteiger partial charge in [0.2, 0.25) is 0 Å². The van der Waals surface area contributed by atoms with Gasteiger partial charge in [0.25, 0.3) is 0 Å². The molecule has 4 heteroatoms. The second kappa shape index (κ2) is 8.42. The Kier molecular flexibility index (Phi) is 7.23. The Labute approximate surface area is 129 Å². The van der Waals surface area contributed by atoms with Gasteiger partial charge < -0.3 is 15.0 Å². The minimum Gasteiger partial charge on any atom is -0.444 e. The van der Waals surface area contributed by atoms with E-state index in [0.29, 0.717) is 6.54 Å². The van der Waals surface area contributed by atoms with Gasteiger partial charge in [-0.25, -0.2) is 4.79 Å². The van der Waals surface area contributed by atoms with E-state index in [1.54, 1.807) is 4.90 Å². The molecule has 0 aliphatic carbocycles. The summed E-state index contributed by atoms with van der Waals surface area (Å²) in [7, 11) is 0. The lowest BCUT2D eigenvalue weighted by Crippen LogP contribution is -2.40. The number of amides is 1. The minimum absolute atomic E-state index is 0.206. The van der Waals surface area contributed by atoms with Crippen molar-refractivity contribution in [3.63, 3.8) is 0 Å². The third-order valence-electron chi connectivity index (χ3n) is 3.58. The van der Waals surface area contributed by atoms with Gasteiger partial charge in [0.15, 0.2) is 0 Å². The summed E-state index contributed by atoms with van der Waals surface area (Å²) in [5.74, 6) is 0.734. The summed E-state index contributed by atoms with van der Waals surface area (Å²) in [6.45, 7) is 13.6. The van der Waals surface area contributed by atoms with Gasteiger partial charge >= 0.3 is 6.09 Å². The summed E-state index contributed by atoms with van der Waals surface area (Å²) < 4.78 is 5.39. The molecule has 0 spiro atoms. The van der Waals surface area contributed by atoms with Crippen molar-refractivity contribution in [2.75, 3.05) is 26.2 Å². The Bertz CT molecular complexity index is 358. The van der Waals surface area contributed by atoms with E-state index in [1.807, 2.05) is 20.8 Å². The van der Waals surface area contributed by atoms with E-state index < -0.39 is 5.60 Å². The Morgan fingerprint density at radius 1 is 1.48 bits per heavy atom. The van der Waals surface area contributed by atoms with Crippen LogP contribution in [0.25, 0.3) is 0 Å². The quantitative estimate of drug-likeness (QED) is 0.762. The van der Waals surface area contributed by atoms with E-state index in [9.17, 15) is 4.79 Å². The van der Waals surface area contributed by atoms with E-state index in [1.165, 1.54) is 18.4 Å². The van der Waals surface area contributed by atoms with Crippen LogP contribution in [-0.4, -0.2) is 42.8 Å². The molecule has 0 radical (unpaired) electrons. The molecule has 1 atom stereocenters.